The van der Waals surface area contributed by atoms with E-state index in [9.17, 15) is 4.79 Å². The molecule has 1 N–H and O–H groups in total. The van der Waals surface area contributed by atoms with Crippen LogP contribution in [0.15, 0.2) is 33.6 Å². The molecule has 3 heterocycles. The van der Waals surface area contributed by atoms with Crippen molar-refractivity contribution in [2.75, 3.05) is 13.2 Å². The van der Waals surface area contributed by atoms with Crippen LogP contribution in [0.3, 0.4) is 0 Å². The van der Waals surface area contributed by atoms with Gasteiger partial charge in [-0.1, -0.05) is 17.3 Å². The fraction of sp³-hybridized carbons (Fsp3) is 0.375. The van der Waals surface area contributed by atoms with E-state index in [1.54, 1.807) is 0 Å². The maximum Gasteiger partial charge on any atom is 0.270 e. The van der Waals surface area contributed by atoms with Gasteiger partial charge in [0.05, 0.1) is 17.6 Å². The summed E-state index contributed by atoms with van der Waals surface area (Å²) >= 11 is 0. The van der Waals surface area contributed by atoms with E-state index in [0.717, 1.165) is 24.1 Å². The molecule has 1 fully saturated rings. The third-order valence-corrected chi connectivity index (χ3v) is 4.02. The van der Waals surface area contributed by atoms with Crippen LogP contribution >= 0.6 is 0 Å². The number of ether oxygens (including phenoxy) is 1. The minimum atomic E-state index is -0.173. The molecule has 3 aromatic rings. The first kappa shape index (κ1) is 14.1. The summed E-state index contributed by atoms with van der Waals surface area (Å²) in [6.45, 7) is 1.38. The molecule has 0 aliphatic carbocycles. The van der Waals surface area contributed by atoms with Crippen molar-refractivity contribution < 1.29 is 9.26 Å². The number of aryl methyl sites for hydroxylation is 2. The zero-order valence-electron chi connectivity index (χ0n) is 12.5. The Morgan fingerprint density at radius 3 is 3.00 bits per heavy atom. The smallest absolute Gasteiger partial charge is 0.270 e. The molecular formula is C16H16N4O3. The summed E-state index contributed by atoms with van der Waals surface area (Å²) in [5, 5.41) is 4.01. The summed E-state index contributed by atoms with van der Waals surface area (Å²) in [5.74, 6) is 1.44. The number of para-hydroxylation sites is 2. The molecule has 7 nitrogen and oxygen atoms in total. The average molecular weight is 312 g/mol. The lowest BCUT2D eigenvalue weighted by molar-refractivity contribution is 0.192. The highest BCUT2D eigenvalue weighted by Crippen LogP contribution is 2.22. The van der Waals surface area contributed by atoms with E-state index in [1.807, 2.05) is 24.3 Å². The normalized spacial score (nSPS) is 17.8. The Kier molecular flexibility index (Phi) is 3.63. The van der Waals surface area contributed by atoms with Crippen LogP contribution in [0.25, 0.3) is 11.0 Å². The van der Waals surface area contributed by atoms with E-state index >= 15 is 0 Å². The van der Waals surface area contributed by atoms with Crippen molar-refractivity contribution in [1.82, 2.24) is 20.1 Å². The van der Waals surface area contributed by atoms with Crippen molar-refractivity contribution in [2.45, 2.75) is 25.2 Å². The van der Waals surface area contributed by atoms with Crippen molar-refractivity contribution in [2.24, 2.45) is 0 Å². The SMILES string of the molecule is O=c1[nH]c2ccccc2nc1CCc1nc([C@H]2CCOC2)no1. The van der Waals surface area contributed by atoms with E-state index in [2.05, 4.69) is 20.1 Å². The molecule has 0 unspecified atom stereocenters. The van der Waals surface area contributed by atoms with E-state index in [-0.39, 0.29) is 11.5 Å². The first-order valence-corrected chi connectivity index (χ1v) is 7.68. The molecule has 1 aliphatic heterocycles. The van der Waals surface area contributed by atoms with Crippen molar-refractivity contribution in [1.29, 1.82) is 0 Å². The lowest BCUT2D eigenvalue weighted by Crippen LogP contribution is -2.16. The van der Waals surface area contributed by atoms with Gasteiger partial charge >= 0.3 is 0 Å². The fourth-order valence-corrected chi connectivity index (χ4v) is 2.74. The molecule has 0 radical (unpaired) electrons. The molecule has 118 valence electrons. The molecule has 7 heteroatoms. The maximum absolute atomic E-state index is 12.1. The Morgan fingerprint density at radius 1 is 1.22 bits per heavy atom. The molecule has 0 amide bonds. The average Bonchev–Trinajstić information content (AvgIpc) is 3.24. The molecule has 1 atom stereocenters. The Bertz CT molecular complexity index is 880. The summed E-state index contributed by atoms with van der Waals surface area (Å²) in [6.07, 6.45) is 1.88. The van der Waals surface area contributed by atoms with Gasteiger partial charge in [-0.3, -0.25) is 4.79 Å². The summed E-state index contributed by atoms with van der Waals surface area (Å²) in [7, 11) is 0. The number of nitrogens with zero attached hydrogens (tertiary/aromatic N) is 3. The Hall–Kier alpha value is -2.54. The van der Waals surface area contributed by atoms with Crippen LogP contribution in [0.4, 0.5) is 0 Å². The van der Waals surface area contributed by atoms with Gasteiger partial charge in [-0.2, -0.15) is 4.98 Å². The number of H-pyrrole nitrogens is 1. The van der Waals surface area contributed by atoms with Crippen LogP contribution in [0, 0.1) is 0 Å². The predicted octanol–water partition coefficient (Wildman–Crippen LogP) is 1.60. The highest BCUT2D eigenvalue weighted by Gasteiger charge is 2.23. The topological polar surface area (TPSA) is 93.9 Å². The Labute approximate surface area is 131 Å². The molecule has 1 saturated heterocycles. The number of hydrogen-bond donors (Lipinski definition) is 1. The first-order chi connectivity index (χ1) is 11.3. The van der Waals surface area contributed by atoms with Gasteiger partial charge in [-0.15, -0.1) is 0 Å². The first-order valence-electron chi connectivity index (χ1n) is 7.68. The Balaban J connectivity index is 1.50. The second-order valence-electron chi connectivity index (χ2n) is 5.64. The lowest BCUT2D eigenvalue weighted by Gasteiger charge is -2.01. The van der Waals surface area contributed by atoms with Crippen LogP contribution in [0.1, 0.15) is 29.7 Å². The summed E-state index contributed by atoms with van der Waals surface area (Å²) in [6, 6.07) is 7.47. The summed E-state index contributed by atoms with van der Waals surface area (Å²) in [4.78, 5) is 23.7. The molecular weight excluding hydrogens is 296 g/mol. The number of aromatic amines is 1. The molecule has 0 bridgehead atoms. The quantitative estimate of drug-likeness (QED) is 0.786. The van der Waals surface area contributed by atoms with Crippen LogP contribution in [0.5, 0.6) is 0 Å². The van der Waals surface area contributed by atoms with Gasteiger partial charge in [0.2, 0.25) is 5.89 Å². The lowest BCUT2D eigenvalue weighted by atomic mass is 10.1. The van der Waals surface area contributed by atoms with Crippen molar-refractivity contribution in [3.8, 4) is 0 Å². The minimum Gasteiger partial charge on any atom is -0.381 e. The van der Waals surface area contributed by atoms with Crippen LogP contribution < -0.4 is 5.56 Å². The second kappa shape index (κ2) is 5.92. The van der Waals surface area contributed by atoms with Gasteiger partial charge in [0.15, 0.2) is 5.82 Å². The van der Waals surface area contributed by atoms with Gasteiger partial charge in [-0.25, -0.2) is 4.98 Å². The van der Waals surface area contributed by atoms with Gasteiger partial charge in [0.25, 0.3) is 5.56 Å². The molecule has 0 spiro atoms. The third kappa shape index (κ3) is 2.87. The zero-order valence-corrected chi connectivity index (χ0v) is 12.5. The number of hydrogen-bond acceptors (Lipinski definition) is 6. The van der Waals surface area contributed by atoms with Crippen LogP contribution in [0.2, 0.25) is 0 Å². The number of nitrogens with one attached hydrogen (secondary N) is 1. The highest BCUT2D eigenvalue weighted by atomic mass is 16.5. The number of rotatable bonds is 4. The van der Waals surface area contributed by atoms with E-state index in [0.29, 0.717) is 36.9 Å². The van der Waals surface area contributed by atoms with Crippen LogP contribution in [-0.4, -0.2) is 33.3 Å². The number of benzene rings is 1. The highest BCUT2D eigenvalue weighted by molar-refractivity contribution is 5.73. The van der Waals surface area contributed by atoms with Crippen molar-refractivity contribution >= 4 is 11.0 Å². The molecule has 4 rings (SSSR count). The third-order valence-electron chi connectivity index (χ3n) is 4.02. The van der Waals surface area contributed by atoms with Crippen molar-refractivity contribution in [3.63, 3.8) is 0 Å². The zero-order chi connectivity index (χ0) is 15.6. The number of fused-ring (bicyclic) bond motifs is 1. The molecule has 1 aromatic carbocycles. The molecule has 2 aromatic heterocycles. The molecule has 1 aliphatic rings. The van der Waals surface area contributed by atoms with E-state index in [4.69, 9.17) is 9.26 Å². The summed E-state index contributed by atoms with van der Waals surface area (Å²) < 4.78 is 10.6. The minimum absolute atomic E-state index is 0.173. The van der Waals surface area contributed by atoms with Gasteiger partial charge < -0.3 is 14.2 Å². The van der Waals surface area contributed by atoms with Gasteiger partial charge in [0.1, 0.15) is 5.69 Å². The Morgan fingerprint density at radius 2 is 2.13 bits per heavy atom. The van der Waals surface area contributed by atoms with E-state index < -0.39 is 0 Å². The van der Waals surface area contributed by atoms with Crippen molar-refractivity contribution in [3.05, 3.63) is 52.0 Å². The second-order valence-corrected chi connectivity index (χ2v) is 5.64. The standard InChI is InChI=1S/C16H16N4O3/c21-16-13(17-11-3-1-2-4-12(11)18-16)5-6-14-19-15(20-23-14)10-7-8-22-9-10/h1-4,10H,5-9H2,(H,18,21)/t10-/m0/s1. The monoisotopic (exact) mass is 312 g/mol. The van der Waals surface area contributed by atoms with Crippen LogP contribution in [-0.2, 0) is 17.6 Å². The largest absolute Gasteiger partial charge is 0.381 e. The summed E-state index contributed by atoms with van der Waals surface area (Å²) in [5.41, 5.74) is 1.82. The number of aromatic nitrogens is 4. The van der Waals surface area contributed by atoms with Gasteiger partial charge in [-0.05, 0) is 18.6 Å². The van der Waals surface area contributed by atoms with E-state index in [1.165, 1.54) is 0 Å². The fourth-order valence-electron chi connectivity index (χ4n) is 2.74. The maximum atomic E-state index is 12.1. The molecule has 0 saturated carbocycles. The predicted molar refractivity (Wildman–Crippen MR) is 82.2 cm³/mol. The molecule has 23 heavy (non-hydrogen) atoms. The van der Waals surface area contributed by atoms with Gasteiger partial charge in [0, 0.05) is 25.4 Å².